The number of piperidine rings is 2. The molecule has 2 atom stereocenters. The van der Waals surface area contributed by atoms with Crippen molar-refractivity contribution >= 4 is 51.6 Å². The van der Waals surface area contributed by atoms with Crippen LogP contribution in [0.2, 0.25) is 0 Å². The number of carbonyl (C=O) groups is 3. The highest BCUT2D eigenvalue weighted by Gasteiger charge is 2.27. The minimum Gasteiger partial charge on any atom is -0.496 e. The van der Waals surface area contributed by atoms with Crippen molar-refractivity contribution in [2.24, 2.45) is 11.5 Å². The molecule has 6 heterocycles. The van der Waals surface area contributed by atoms with E-state index in [-0.39, 0.29) is 23.1 Å². The minimum atomic E-state index is -0.952. The Morgan fingerprint density at radius 3 is 1.87 bits per heavy atom. The van der Waals surface area contributed by atoms with Crippen LogP contribution in [0, 0.1) is 0 Å². The number of carbonyl (C=O) groups excluding carboxylic acids is 2. The molecular formula is C45H52N12O6. The average molecular weight is 857 g/mol. The Bertz CT molecular complexity index is 2670. The number of fused-ring (bicyclic) bond motifs is 2. The third-order valence-electron chi connectivity index (χ3n) is 10.9. The number of ether oxygens (including phenoxy) is 2. The lowest BCUT2D eigenvalue weighted by atomic mass is 9.95. The van der Waals surface area contributed by atoms with Gasteiger partial charge in [0.05, 0.1) is 36.7 Å². The predicted molar refractivity (Wildman–Crippen MR) is 240 cm³/mol. The third-order valence-corrected chi connectivity index (χ3v) is 10.9. The molecule has 18 heteroatoms. The van der Waals surface area contributed by atoms with Gasteiger partial charge in [-0.05, 0) is 68.6 Å². The molecule has 0 unspecified atom stereocenters. The van der Waals surface area contributed by atoms with Crippen LogP contribution < -0.4 is 36.9 Å². The van der Waals surface area contributed by atoms with E-state index in [1.54, 1.807) is 32.4 Å². The van der Waals surface area contributed by atoms with Gasteiger partial charge in [0.1, 0.15) is 45.7 Å². The summed E-state index contributed by atoms with van der Waals surface area (Å²) in [7, 11) is 3.17. The van der Waals surface area contributed by atoms with Crippen molar-refractivity contribution in [2.75, 3.05) is 51.0 Å². The second-order valence-corrected chi connectivity index (χ2v) is 16.4. The molecule has 328 valence electrons. The first kappa shape index (κ1) is 43.9. The number of hydrogen-bond donors (Lipinski definition) is 6. The second kappa shape index (κ2) is 18.8. The smallest absolute Gasteiger partial charge is 0.407 e. The molecule has 63 heavy (non-hydrogen) atoms. The Morgan fingerprint density at radius 1 is 0.746 bits per heavy atom. The van der Waals surface area contributed by atoms with Crippen LogP contribution in [0.3, 0.4) is 0 Å². The summed E-state index contributed by atoms with van der Waals surface area (Å²) in [6.45, 7) is 8.81. The summed E-state index contributed by atoms with van der Waals surface area (Å²) >= 11 is 0. The molecule has 0 radical (unpaired) electrons. The van der Waals surface area contributed by atoms with E-state index in [1.165, 1.54) is 11.2 Å². The zero-order valence-electron chi connectivity index (χ0n) is 35.9. The predicted octanol–water partition coefficient (Wildman–Crippen LogP) is 5.61. The van der Waals surface area contributed by atoms with Crippen molar-refractivity contribution in [3.05, 3.63) is 83.9 Å². The maximum Gasteiger partial charge on any atom is 0.407 e. The zero-order valence-corrected chi connectivity index (χ0v) is 35.9. The van der Waals surface area contributed by atoms with E-state index in [0.29, 0.717) is 86.6 Å². The molecule has 2 fully saturated rings. The Hall–Kier alpha value is -7.21. The SMILES string of the molecule is COc1ccccc1-c1cc(C(N)=O)c2nc(C(C)(C)C)nc(N[C@H]3CCCNC3)c2n1.COc1ccccc1-c1cc(C(N)=O)c2ncnc(N[C@H]3CCCN(C(=O)O)C3)c2n1. The highest BCUT2D eigenvalue weighted by molar-refractivity contribution is 6.08. The highest BCUT2D eigenvalue weighted by atomic mass is 16.5. The number of nitrogens with one attached hydrogen (secondary N) is 3. The van der Waals surface area contributed by atoms with E-state index >= 15 is 0 Å². The Labute approximate surface area is 364 Å². The molecule has 4 aromatic heterocycles. The lowest BCUT2D eigenvalue weighted by Crippen LogP contribution is -2.44. The number of likely N-dealkylation sites (tertiary alicyclic amines) is 1. The molecule has 2 aliphatic heterocycles. The molecule has 3 amide bonds. The van der Waals surface area contributed by atoms with Crippen molar-refractivity contribution in [2.45, 2.75) is 64.0 Å². The number of para-hydroxylation sites is 2. The Balaban J connectivity index is 0.000000189. The van der Waals surface area contributed by atoms with Crippen molar-refractivity contribution in [3.63, 3.8) is 0 Å². The van der Waals surface area contributed by atoms with Crippen LogP contribution in [0.15, 0.2) is 67.0 Å². The maximum absolute atomic E-state index is 12.5. The molecule has 18 nitrogen and oxygen atoms in total. The quantitative estimate of drug-likeness (QED) is 0.0978. The van der Waals surface area contributed by atoms with Crippen molar-refractivity contribution in [1.29, 1.82) is 0 Å². The van der Waals surface area contributed by atoms with Gasteiger partial charge in [0.15, 0.2) is 11.6 Å². The number of primary amides is 2. The molecule has 0 saturated carbocycles. The monoisotopic (exact) mass is 856 g/mol. The van der Waals surface area contributed by atoms with Crippen LogP contribution in [0.5, 0.6) is 11.5 Å². The lowest BCUT2D eigenvalue weighted by Gasteiger charge is -2.31. The number of anilines is 2. The number of hydrogen-bond acceptors (Lipinski definition) is 14. The summed E-state index contributed by atoms with van der Waals surface area (Å²) in [5.74, 6) is 1.73. The average Bonchev–Trinajstić information content (AvgIpc) is 3.28. The summed E-state index contributed by atoms with van der Waals surface area (Å²) in [6, 6.07) is 18.2. The normalized spacial score (nSPS) is 16.4. The lowest BCUT2D eigenvalue weighted by molar-refractivity contribution is 0.0993. The summed E-state index contributed by atoms with van der Waals surface area (Å²) in [5.41, 5.74) is 15.9. The molecule has 0 bridgehead atoms. The van der Waals surface area contributed by atoms with Gasteiger partial charge in [-0.15, -0.1) is 0 Å². The number of pyridine rings is 2. The van der Waals surface area contributed by atoms with Crippen molar-refractivity contribution < 1.29 is 29.0 Å². The van der Waals surface area contributed by atoms with Crippen molar-refractivity contribution in [3.8, 4) is 34.0 Å². The topological polar surface area (TPSA) is 259 Å². The van der Waals surface area contributed by atoms with E-state index in [4.69, 9.17) is 40.9 Å². The summed E-state index contributed by atoms with van der Waals surface area (Å²) in [6.07, 6.45) is 4.01. The standard InChI is InChI=1S/C24H30N6O2.C21H22N6O4/c1-24(2,3)23-29-19-16(21(25)31)12-17(15-9-5-6-10-18(15)32-4)28-20(19)22(30-23)27-14-8-7-11-26-13-14;1-31-16-7-3-2-6-13(16)15-9-14(19(22)28)17-18(26-15)20(24-11-23-17)25-12-5-4-8-27(10-12)21(29)30/h5-6,9-10,12,14,26H,7-8,11,13H2,1-4H3,(H2,25,31)(H,27,29,30);2-3,6-7,9,11-12H,4-5,8,10H2,1H3,(H2,22,28)(H,29,30)(H,23,24,25)/t14-;12-/m00/s1. The van der Waals surface area contributed by atoms with E-state index in [2.05, 4.69) is 25.9 Å². The molecule has 2 aliphatic rings. The van der Waals surface area contributed by atoms with E-state index < -0.39 is 17.9 Å². The number of rotatable bonds is 10. The van der Waals surface area contributed by atoms with Crippen LogP contribution in [0.25, 0.3) is 44.6 Å². The number of nitrogens with zero attached hydrogens (tertiary/aromatic N) is 7. The molecule has 2 saturated heterocycles. The Kier molecular flexibility index (Phi) is 13.1. The number of methoxy groups -OCH3 is 2. The van der Waals surface area contributed by atoms with Crippen LogP contribution >= 0.6 is 0 Å². The van der Waals surface area contributed by atoms with Gasteiger partial charge in [0.25, 0.3) is 11.8 Å². The zero-order chi connectivity index (χ0) is 44.8. The molecule has 8 rings (SSSR count). The first-order chi connectivity index (χ1) is 30.2. The third kappa shape index (κ3) is 9.80. The highest BCUT2D eigenvalue weighted by Crippen LogP contribution is 2.35. The van der Waals surface area contributed by atoms with Crippen LogP contribution in [0.1, 0.15) is 73.0 Å². The van der Waals surface area contributed by atoms with Crippen LogP contribution in [-0.2, 0) is 5.41 Å². The van der Waals surface area contributed by atoms with Crippen LogP contribution in [0.4, 0.5) is 16.4 Å². The minimum absolute atomic E-state index is 0.142. The van der Waals surface area contributed by atoms with Gasteiger partial charge in [0, 0.05) is 48.3 Å². The van der Waals surface area contributed by atoms with E-state index in [0.717, 1.165) is 44.3 Å². The molecule has 6 aromatic rings. The summed E-state index contributed by atoms with van der Waals surface area (Å²) < 4.78 is 11.0. The van der Waals surface area contributed by atoms with Gasteiger partial charge in [-0.1, -0.05) is 45.0 Å². The summed E-state index contributed by atoms with van der Waals surface area (Å²) in [5, 5.41) is 19.5. The number of aromatic nitrogens is 6. The number of amides is 3. The van der Waals surface area contributed by atoms with Crippen molar-refractivity contribution in [1.82, 2.24) is 40.1 Å². The fourth-order valence-electron chi connectivity index (χ4n) is 7.68. The number of benzene rings is 2. The summed E-state index contributed by atoms with van der Waals surface area (Å²) in [4.78, 5) is 65.1. The largest absolute Gasteiger partial charge is 0.496 e. The molecule has 2 aromatic carbocycles. The number of nitrogens with two attached hydrogens (primary N) is 2. The Morgan fingerprint density at radius 2 is 1.32 bits per heavy atom. The molecule has 8 N–H and O–H groups in total. The number of carboxylic acid groups (broad SMARTS) is 1. The first-order valence-electron chi connectivity index (χ1n) is 20.7. The van der Waals surface area contributed by atoms with E-state index in [1.807, 2.05) is 63.2 Å². The maximum atomic E-state index is 12.5. The molecule has 0 aliphatic carbocycles. The van der Waals surface area contributed by atoms with Gasteiger partial charge in [-0.2, -0.15) is 0 Å². The van der Waals surface area contributed by atoms with Gasteiger partial charge in [-0.25, -0.2) is 34.7 Å². The molecule has 0 spiro atoms. The van der Waals surface area contributed by atoms with Gasteiger partial charge in [0.2, 0.25) is 0 Å². The van der Waals surface area contributed by atoms with Crippen LogP contribution in [-0.4, -0.2) is 110 Å². The van der Waals surface area contributed by atoms with Gasteiger partial charge >= 0.3 is 6.09 Å². The van der Waals surface area contributed by atoms with Gasteiger partial charge in [-0.3, -0.25) is 9.59 Å². The first-order valence-corrected chi connectivity index (χ1v) is 20.7. The second-order valence-electron chi connectivity index (χ2n) is 16.4. The fourth-order valence-corrected chi connectivity index (χ4v) is 7.68. The fraction of sp³-hybridized carbons (Fsp3) is 0.356. The van der Waals surface area contributed by atoms with Gasteiger partial charge < -0.3 is 46.9 Å². The van der Waals surface area contributed by atoms with E-state index in [9.17, 15) is 19.5 Å². The molecular weight excluding hydrogens is 805 g/mol.